The van der Waals surface area contributed by atoms with E-state index in [2.05, 4.69) is 5.32 Å². The highest BCUT2D eigenvalue weighted by atomic mass is 35.6. The number of nitrogens with one attached hydrogen (secondary N) is 1. The van der Waals surface area contributed by atoms with Gasteiger partial charge >= 0.3 is 24.0 Å². The molecular weight excluding hydrogens is 659 g/mol. The number of ether oxygens (including phenoxy) is 10. The predicted molar refractivity (Wildman–Crippen MR) is 148 cm³/mol. The van der Waals surface area contributed by atoms with Gasteiger partial charge in [-0.05, 0) is 13.8 Å². The number of hydrogen-bond donors (Lipinski definition) is 2. The number of nitrogens with two attached hydrogens (primary N) is 1. The molecule has 3 fully saturated rings. The molecule has 0 unspecified atom stereocenters. The molecule has 10 atom stereocenters. The van der Waals surface area contributed by atoms with Crippen molar-refractivity contribution >= 4 is 58.8 Å². The molecule has 0 spiro atoms. The summed E-state index contributed by atoms with van der Waals surface area (Å²) in [4.78, 5) is 49.0. The van der Waals surface area contributed by atoms with Crippen LogP contribution in [-0.2, 0) is 61.8 Å². The molecule has 1 amide bonds. The lowest BCUT2D eigenvalue weighted by Gasteiger charge is -2.52. The largest absolute Gasteiger partial charge is 0.463 e. The topological polar surface area (TPSA) is 199 Å². The molecule has 3 N–H and O–H groups in total. The zero-order valence-electron chi connectivity index (χ0n) is 24.8. The smallest absolute Gasteiger partial charge is 0.407 e. The zero-order chi connectivity index (χ0) is 33.0. The number of carbonyl (C=O) groups is 4. The van der Waals surface area contributed by atoms with Crippen LogP contribution < -0.4 is 11.1 Å². The summed E-state index contributed by atoms with van der Waals surface area (Å²) >= 11 is 17.1. The third kappa shape index (κ3) is 10.1. The molecule has 0 radical (unpaired) electrons. The van der Waals surface area contributed by atoms with Crippen molar-refractivity contribution in [1.29, 1.82) is 0 Å². The van der Waals surface area contributed by atoms with Crippen LogP contribution in [0.4, 0.5) is 4.79 Å². The van der Waals surface area contributed by atoms with E-state index in [1.165, 1.54) is 7.11 Å². The van der Waals surface area contributed by atoms with Crippen LogP contribution >= 0.6 is 34.8 Å². The minimum atomic E-state index is -1.95. The molecule has 0 saturated carbocycles. The van der Waals surface area contributed by atoms with E-state index < -0.39 is 108 Å². The number of amides is 1. The first-order valence-electron chi connectivity index (χ1n) is 13.4. The van der Waals surface area contributed by atoms with Gasteiger partial charge in [0.25, 0.3) is 0 Å². The Labute approximate surface area is 268 Å². The van der Waals surface area contributed by atoms with Crippen molar-refractivity contribution in [2.75, 3.05) is 26.9 Å². The Morgan fingerprint density at radius 2 is 1.57 bits per heavy atom. The second-order valence-electron chi connectivity index (χ2n) is 10.6. The first kappa shape index (κ1) is 36.7. The van der Waals surface area contributed by atoms with Crippen molar-refractivity contribution in [3.63, 3.8) is 0 Å². The maximum atomic E-state index is 12.9. The van der Waals surface area contributed by atoms with E-state index in [0.717, 1.165) is 20.8 Å². The number of alkyl halides is 3. The molecule has 0 aromatic rings. The first-order valence-corrected chi connectivity index (χ1v) is 14.6. The lowest BCUT2D eigenvalue weighted by Crippen LogP contribution is -2.71. The van der Waals surface area contributed by atoms with Gasteiger partial charge in [0, 0.05) is 27.9 Å². The van der Waals surface area contributed by atoms with Gasteiger partial charge in [-0.15, -0.1) is 0 Å². The summed E-state index contributed by atoms with van der Waals surface area (Å²) < 4.78 is 54.8. The maximum Gasteiger partial charge on any atom is 0.407 e. The second-order valence-corrected chi connectivity index (χ2v) is 13.1. The van der Waals surface area contributed by atoms with Gasteiger partial charge in [-0.1, -0.05) is 34.8 Å². The molecular formula is C25H37Cl3N2O14. The number of esters is 3. The molecule has 3 rings (SSSR count). The fourth-order valence-corrected chi connectivity index (χ4v) is 5.04. The summed E-state index contributed by atoms with van der Waals surface area (Å²) in [6.07, 6.45) is -10.4. The average Bonchev–Trinajstić information content (AvgIpc) is 2.89. The van der Waals surface area contributed by atoms with Crippen LogP contribution in [0.3, 0.4) is 0 Å². The van der Waals surface area contributed by atoms with Gasteiger partial charge in [-0.25, -0.2) is 4.79 Å². The van der Waals surface area contributed by atoms with Crippen molar-refractivity contribution in [3.05, 3.63) is 0 Å². The van der Waals surface area contributed by atoms with E-state index in [0.29, 0.717) is 0 Å². The zero-order valence-corrected chi connectivity index (χ0v) is 27.1. The lowest BCUT2D eigenvalue weighted by molar-refractivity contribution is -0.385. The summed E-state index contributed by atoms with van der Waals surface area (Å²) in [6, 6.07) is -2.43. The van der Waals surface area contributed by atoms with Crippen molar-refractivity contribution in [2.24, 2.45) is 5.73 Å². The van der Waals surface area contributed by atoms with Crippen LogP contribution in [0.2, 0.25) is 0 Å². The summed E-state index contributed by atoms with van der Waals surface area (Å²) in [5, 5.41) is 2.47. The molecule has 3 saturated heterocycles. The molecule has 19 heteroatoms. The Morgan fingerprint density at radius 3 is 2.14 bits per heavy atom. The number of rotatable bonds is 9. The third-order valence-corrected chi connectivity index (χ3v) is 6.91. The summed E-state index contributed by atoms with van der Waals surface area (Å²) in [5.41, 5.74) is 6.50. The van der Waals surface area contributed by atoms with Crippen molar-refractivity contribution < 1.29 is 66.5 Å². The standard InChI is InChI=1S/C25H37Cl3N2O14/c1-10(31)36-7-13-17(39-11(2)32)20(40-12(3)33)16(30-23(34)37-9-25(26,27)28)22(42-13)43-19-15(29)21(35-6)41-14-8-38-24(4,5)44-18(14)19/h13-22H,7-9,29H2,1-6H3,(H,30,34)/t13-,14-,15-,16-,17-,18-,19-,20-,21-,22+/m1/s1. The lowest BCUT2D eigenvalue weighted by atomic mass is 9.93. The minimum Gasteiger partial charge on any atom is -0.463 e. The molecule has 3 aliphatic heterocycles. The van der Waals surface area contributed by atoms with E-state index in [9.17, 15) is 19.2 Å². The Bertz CT molecular complexity index is 1050. The molecule has 0 bridgehead atoms. The fraction of sp³-hybridized carbons (Fsp3) is 0.840. The summed E-state index contributed by atoms with van der Waals surface area (Å²) in [6.45, 7) is 5.70. The van der Waals surface area contributed by atoms with E-state index in [1.807, 2.05) is 0 Å². The van der Waals surface area contributed by atoms with E-state index in [-0.39, 0.29) is 6.61 Å². The Morgan fingerprint density at radius 1 is 0.932 bits per heavy atom. The Hall–Kier alpha value is -1.73. The minimum absolute atomic E-state index is 0.0976. The molecule has 3 heterocycles. The van der Waals surface area contributed by atoms with E-state index in [4.69, 9.17) is 87.9 Å². The van der Waals surface area contributed by atoms with Crippen molar-refractivity contribution in [3.8, 4) is 0 Å². The number of alkyl carbamates (subject to hydrolysis) is 1. The molecule has 252 valence electrons. The molecule has 44 heavy (non-hydrogen) atoms. The highest BCUT2D eigenvalue weighted by Gasteiger charge is 2.56. The fourth-order valence-electron chi connectivity index (χ4n) is 4.88. The molecule has 16 nitrogen and oxygen atoms in total. The quantitative estimate of drug-likeness (QED) is 0.195. The van der Waals surface area contributed by atoms with Crippen LogP contribution in [-0.4, -0.2) is 122 Å². The Kier molecular flexibility index (Phi) is 12.7. The predicted octanol–water partition coefficient (Wildman–Crippen LogP) is 0.838. The van der Waals surface area contributed by atoms with Gasteiger partial charge in [0.15, 0.2) is 30.6 Å². The number of carbonyl (C=O) groups excluding carboxylic acids is 4. The molecule has 0 aromatic carbocycles. The van der Waals surface area contributed by atoms with Crippen molar-refractivity contribution in [1.82, 2.24) is 5.32 Å². The summed E-state index contributed by atoms with van der Waals surface area (Å²) in [5.74, 6) is -3.36. The van der Waals surface area contributed by atoms with Crippen LogP contribution in [0.15, 0.2) is 0 Å². The van der Waals surface area contributed by atoms with Crippen LogP contribution in [0.25, 0.3) is 0 Å². The highest BCUT2D eigenvalue weighted by Crippen LogP contribution is 2.36. The Balaban J connectivity index is 2.04. The van der Waals surface area contributed by atoms with Crippen LogP contribution in [0.1, 0.15) is 34.6 Å². The second kappa shape index (κ2) is 15.2. The van der Waals surface area contributed by atoms with Gasteiger partial charge in [0.2, 0.25) is 3.79 Å². The van der Waals surface area contributed by atoms with Crippen LogP contribution in [0, 0.1) is 0 Å². The maximum absolute atomic E-state index is 12.9. The van der Waals surface area contributed by atoms with E-state index >= 15 is 0 Å². The van der Waals surface area contributed by atoms with Gasteiger partial charge in [-0.3, -0.25) is 14.4 Å². The SMILES string of the molecule is CO[C@@H]1O[C@@H]2COC(C)(C)O[C@H]2[C@H](O[C@@H]2O[C@H](COC(C)=O)[C@@H](OC(C)=O)[C@H](OC(C)=O)[C@H]2NC(=O)OCC(Cl)(Cl)Cl)[C@H]1N. The van der Waals surface area contributed by atoms with Crippen LogP contribution in [0.5, 0.6) is 0 Å². The number of hydrogen-bond acceptors (Lipinski definition) is 15. The third-order valence-electron chi connectivity index (χ3n) is 6.58. The normalized spacial score (nSPS) is 35.0. The van der Waals surface area contributed by atoms with Gasteiger partial charge < -0.3 is 58.4 Å². The van der Waals surface area contributed by atoms with Gasteiger partial charge in [0.1, 0.15) is 43.7 Å². The molecule has 0 aliphatic carbocycles. The number of halogens is 3. The number of fused-ring (bicyclic) bond motifs is 1. The van der Waals surface area contributed by atoms with Gasteiger partial charge in [0.05, 0.1) is 12.6 Å². The van der Waals surface area contributed by atoms with E-state index in [1.54, 1.807) is 13.8 Å². The monoisotopic (exact) mass is 694 g/mol. The van der Waals surface area contributed by atoms with Gasteiger partial charge in [-0.2, -0.15) is 0 Å². The molecule has 0 aromatic heterocycles. The summed E-state index contributed by atoms with van der Waals surface area (Å²) in [7, 11) is 1.38. The average molecular weight is 696 g/mol. The van der Waals surface area contributed by atoms with Crippen molar-refractivity contribution in [2.45, 2.75) is 105 Å². The highest BCUT2D eigenvalue weighted by molar-refractivity contribution is 6.67. The number of methoxy groups -OCH3 is 1. The first-order chi connectivity index (χ1) is 20.4. The molecule has 3 aliphatic rings.